The lowest BCUT2D eigenvalue weighted by Gasteiger charge is -2.49. The SMILES string of the molecule is C=C(F)C(=O)N1CC(n2c(=O)n(-c3ccc(C(F)(F)F)nc3)c3nccc(N4CC5(CCNC5)C4)c32)C1. The topological polar surface area (TPSA) is 88.3 Å². The molecular formula is C24H23F4N7O2. The lowest BCUT2D eigenvalue weighted by atomic mass is 9.79. The van der Waals surface area contributed by atoms with E-state index in [9.17, 15) is 27.2 Å². The number of anilines is 1. The van der Waals surface area contributed by atoms with Crippen molar-refractivity contribution >= 4 is 22.8 Å². The van der Waals surface area contributed by atoms with Gasteiger partial charge in [0.25, 0.3) is 5.91 Å². The molecule has 3 fully saturated rings. The first-order chi connectivity index (χ1) is 17.6. The number of carbonyl (C=O) groups excluding carboxylic acids is 1. The molecule has 0 atom stereocenters. The highest BCUT2D eigenvalue weighted by Gasteiger charge is 2.46. The third kappa shape index (κ3) is 3.71. The molecule has 3 aliphatic heterocycles. The Balaban J connectivity index is 1.45. The number of fused-ring (bicyclic) bond motifs is 1. The van der Waals surface area contributed by atoms with Gasteiger partial charge in [0.2, 0.25) is 0 Å². The van der Waals surface area contributed by atoms with Crippen LogP contribution in [0.15, 0.2) is 47.8 Å². The van der Waals surface area contributed by atoms with Crippen LogP contribution in [0.2, 0.25) is 0 Å². The molecule has 3 saturated heterocycles. The maximum absolute atomic E-state index is 13.8. The molecule has 0 saturated carbocycles. The Kier molecular flexibility index (Phi) is 5.20. The monoisotopic (exact) mass is 517 g/mol. The minimum absolute atomic E-state index is 0.0915. The summed E-state index contributed by atoms with van der Waals surface area (Å²) in [5.74, 6) is -1.92. The average Bonchev–Trinajstić information content (AvgIpc) is 3.40. The molecule has 1 spiro atoms. The second-order valence-corrected chi connectivity index (χ2v) is 9.94. The van der Waals surface area contributed by atoms with Gasteiger partial charge in [0.15, 0.2) is 11.5 Å². The lowest BCUT2D eigenvalue weighted by Crippen LogP contribution is -2.58. The summed E-state index contributed by atoms with van der Waals surface area (Å²) in [6.45, 7) is 6.67. The smallest absolute Gasteiger partial charge is 0.368 e. The molecule has 3 aromatic heterocycles. The Bertz CT molecular complexity index is 1460. The van der Waals surface area contributed by atoms with Crippen molar-refractivity contribution in [1.82, 2.24) is 29.3 Å². The molecule has 0 radical (unpaired) electrons. The number of pyridine rings is 2. The summed E-state index contributed by atoms with van der Waals surface area (Å²) in [5.41, 5.74) is 0.275. The molecule has 37 heavy (non-hydrogen) atoms. The van der Waals surface area contributed by atoms with E-state index in [0.29, 0.717) is 5.52 Å². The molecule has 13 heteroatoms. The molecule has 1 N–H and O–H groups in total. The number of amides is 1. The van der Waals surface area contributed by atoms with Gasteiger partial charge in [0.1, 0.15) is 11.2 Å². The average molecular weight is 517 g/mol. The molecule has 9 nitrogen and oxygen atoms in total. The van der Waals surface area contributed by atoms with Crippen molar-refractivity contribution < 1.29 is 22.4 Å². The number of imidazole rings is 1. The second kappa shape index (κ2) is 8.13. The Morgan fingerprint density at radius 3 is 2.51 bits per heavy atom. The molecule has 3 aliphatic rings. The van der Waals surface area contributed by atoms with Crippen molar-refractivity contribution in [3.05, 3.63) is 59.2 Å². The second-order valence-electron chi connectivity index (χ2n) is 9.94. The minimum Gasteiger partial charge on any atom is -0.368 e. The van der Waals surface area contributed by atoms with Crippen molar-refractivity contribution in [1.29, 1.82) is 0 Å². The molecular weight excluding hydrogens is 494 g/mol. The van der Waals surface area contributed by atoms with Crippen LogP contribution in [0.1, 0.15) is 18.2 Å². The van der Waals surface area contributed by atoms with Crippen molar-refractivity contribution in [3.8, 4) is 5.69 Å². The van der Waals surface area contributed by atoms with Crippen LogP contribution in [-0.2, 0) is 11.0 Å². The molecule has 0 unspecified atom stereocenters. The predicted octanol–water partition coefficient (Wildman–Crippen LogP) is 2.27. The first-order valence-electron chi connectivity index (χ1n) is 11.8. The first-order valence-corrected chi connectivity index (χ1v) is 11.8. The molecule has 1 amide bonds. The Morgan fingerprint density at radius 2 is 1.92 bits per heavy atom. The van der Waals surface area contributed by atoms with Crippen molar-refractivity contribution in [2.24, 2.45) is 5.41 Å². The van der Waals surface area contributed by atoms with E-state index < -0.39 is 35.3 Å². The normalized spacial score (nSPS) is 19.4. The Labute approximate surface area is 208 Å². The molecule has 0 aliphatic carbocycles. The molecule has 0 aromatic carbocycles. The molecule has 6 heterocycles. The fourth-order valence-electron chi connectivity index (χ4n) is 5.59. The van der Waals surface area contributed by atoms with Gasteiger partial charge in [-0.2, -0.15) is 13.2 Å². The van der Waals surface area contributed by atoms with Gasteiger partial charge in [-0.1, -0.05) is 6.58 Å². The highest BCUT2D eigenvalue weighted by molar-refractivity contribution is 5.92. The summed E-state index contributed by atoms with van der Waals surface area (Å²) < 4.78 is 55.3. The zero-order valence-electron chi connectivity index (χ0n) is 19.6. The summed E-state index contributed by atoms with van der Waals surface area (Å²) >= 11 is 0. The highest BCUT2D eigenvalue weighted by atomic mass is 19.4. The maximum atomic E-state index is 13.8. The van der Waals surface area contributed by atoms with Gasteiger partial charge < -0.3 is 15.1 Å². The predicted molar refractivity (Wildman–Crippen MR) is 126 cm³/mol. The number of aromatic nitrogens is 4. The van der Waals surface area contributed by atoms with Crippen LogP contribution in [0.5, 0.6) is 0 Å². The van der Waals surface area contributed by atoms with Crippen LogP contribution < -0.4 is 15.9 Å². The third-order valence-electron chi connectivity index (χ3n) is 7.50. The van der Waals surface area contributed by atoms with Crippen LogP contribution in [0.4, 0.5) is 23.2 Å². The summed E-state index contributed by atoms with van der Waals surface area (Å²) in [6, 6.07) is 3.35. The fourth-order valence-corrected chi connectivity index (χ4v) is 5.59. The van der Waals surface area contributed by atoms with Gasteiger partial charge in [0.05, 0.1) is 23.6 Å². The van der Waals surface area contributed by atoms with Gasteiger partial charge in [-0.3, -0.25) is 9.36 Å². The van der Waals surface area contributed by atoms with Crippen LogP contribution in [-0.4, -0.2) is 69.2 Å². The van der Waals surface area contributed by atoms with Crippen molar-refractivity contribution in [2.75, 3.05) is 44.2 Å². The van der Waals surface area contributed by atoms with Crippen LogP contribution in [0.25, 0.3) is 16.9 Å². The lowest BCUT2D eigenvalue weighted by molar-refractivity contribution is -0.141. The van der Waals surface area contributed by atoms with E-state index in [1.807, 2.05) is 6.07 Å². The van der Waals surface area contributed by atoms with E-state index in [1.165, 1.54) is 20.1 Å². The Morgan fingerprint density at radius 1 is 1.16 bits per heavy atom. The number of halogens is 4. The first kappa shape index (κ1) is 23.6. The van der Waals surface area contributed by atoms with E-state index in [2.05, 4.69) is 26.8 Å². The van der Waals surface area contributed by atoms with Crippen molar-refractivity contribution in [2.45, 2.75) is 18.6 Å². The fraction of sp³-hybridized carbons (Fsp3) is 0.417. The van der Waals surface area contributed by atoms with Gasteiger partial charge in [-0.15, -0.1) is 0 Å². The number of alkyl halides is 3. The summed E-state index contributed by atoms with van der Waals surface area (Å²) in [5, 5.41) is 3.39. The van der Waals surface area contributed by atoms with Crippen LogP contribution in [0.3, 0.4) is 0 Å². The summed E-state index contributed by atoms with van der Waals surface area (Å²) in [7, 11) is 0. The summed E-state index contributed by atoms with van der Waals surface area (Å²) in [6.07, 6.45) is -1.00. The van der Waals surface area contributed by atoms with Crippen molar-refractivity contribution in [3.63, 3.8) is 0 Å². The van der Waals surface area contributed by atoms with Gasteiger partial charge in [0, 0.05) is 44.3 Å². The molecule has 6 rings (SSSR count). The van der Waals surface area contributed by atoms with Gasteiger partial charge in [-0.25, -0.2) is 23.7 Å². The summed E-state index contributed by atoms with van der Waals surface area (Å²) in [4.78, 5) is 37.1. The van der Waals surface area contributed by atoms with Gasteiger partial charge >= 0.3 is 11.9 Å². The van der Waals surface area contributed by atoms with E-state index in [1.54, 1.807) is 6.20 Å². The Hall–Kier alpha value is -3.74. The number of hydrogen-bond donors (Lipinski definition) is 1. The zero-order chi connectivity index (χ0) is 26.1. The van der Waals surface area contributed by atoms with E-state index in [4.69, 9.17) is 0 Å². The number of nitrogens with one attached hydrogen (secondary N) is 1. The number of nitrogens with zero attached hydrogens (tertiary/aromatic N) is 6. The molecule has 3 aromatic rings. The zero-order valence-corrected chi connectivity index (χ0v) is 19.6. The van der Waals surface area contributed by atoms with Crippen LogP contribution in [0, 0.1) is 5.41 Å². The number of carbonyl (C=O) groups is 1. The van der Waals surface area contributed by atoms with E-state index in [-0.39, 0.29) is 29.8 Å². The number of hydrogen-bond acceptors (Lipinski definition) is 6. The molecule has 194 valence electrons. The maximum Gasteiger partial charge on any atom is 0.433 e. The highest BCUT2D eigenvalue weighted by Crippen LogP contribution is 2.42. The standard InChI is InChI=1S/C24H23F4N7O2/c1-14(25)21(36)32-9-16(10-32)34-19-17(33-12-23(13-33)5-7-29-11-23)4-6-30-20(19)35(22(34)37)15-2-3-18(31-8-15)24(26,27)28/h2-4,6,8,16,29H,1,5,7,9-13H2. The number of rotatable bonds is 4. The third-order valence-corrected chi connectivity index (χ3v) is 7.50. The van der Waals surface area contributed by atoms with Gasteiger partial charge in [-0.05, 0) is 31.2 Å². The minimum atomic E-state index is -4.62. The quantitative estimate of drug-likeness (QED) is 0.422. The largest absolute Gasteiger partial charge is 0.433 e. The van der Waals surface area contributed by atoms with E-state index >= 15 is 0 Å². The van der Waals surface area contributed by atoms with Crippen LogP contribution >= 0.6 is 0 Å². The van der Waals surface area contributed by atoms with E-state index in [0.717, 1.165) is 50.6 Å². The number of likely N-dealkylation sites (tertiary alicyclic amines) is 1. The molecule has 0 bridgehead atoms.